The number of aromatic nitrogens is 4. The zero-order chi connectivity index (χ0) is 19.9. The molecule has 2 aromatic rings. The van der Waals surface area contributed by atoms with E-state index < -0.39 is 0 Å². The molecule has 1 aliphatic rings. The second-order valence-corrected chi connectivity index (χ2v) is 7.34. The van der Waals surface area contributed by atoms with Crippen molar-refractivity contribution in [2.75, 3.05) is 47.4 Å². The highest BCUT2D eigenvalue weighted by Crippen LogP contribution is 2.28. The summed E-state index contributed by atoms with van der Waals surface area (Å²) in [5.74, 6) is 2.47. The van der Waals surface area contributed by atoms with Crippen LogP contribution in [-0.2, 0) is 13.0 Å². The fourth-order valence-electron chi connectivity index (χ4n) is 3.76. The van der Waals surface area contributed by atoms with Crippen molar-refractivity contribution in [3.63, 3.8) is 0 Å². The Hall–Kier alpha value is -2.19. The molecule has 1 saturated heterocycles. The van der Waals surface area contributed by atoms with Crippen molar-refractivity contribution >= 4 is 0 Å². The van der Waals surface area contributed by atoms with E-state index in [4.69, 9.17) is 9.47 Å². The van der Waals surface area contributed by atoms with Gasteiger partial charge in [-0.2, -0.15) is 0 Å². The van der Waals surface area contributed by atoms with E-state index in [-0.39, 0.29) is 6.04 Å². The van der Waals surface area contributed by atoms with E-state index in [9.17, 15) is 0 Å². The quantitative estimate of drug-likeness (QED) is 0.651. The maximum atomic E-state index is 5.41. The van der Waals surface area contributed by atoms with E-state index in [1.54, 1.807) is 14.2 Å². The molecule has 0 saturated carbocycles. The minimum absolute atomic E-state index is 0.277. The van der Waals surface area contributed by atoms with Gasteiger partial charge in [0.15, 0.2) is 17.3 Å². The first kappa shape index (κ1) is 20.5. The maximum Gasteiger partial charge on any atom is 0.168 e. The van der Waals surface area contributed by atoms with Gasteiger partial charge in [-0.1, -0.05) is 19.4 Å². The Kier molecular flexibility index (Phi) is 7.22. The molecule has 1 atom stereocenters. The topological polar surface area (TPSA) is 68.5 Å². The largest absolute Gasteiger partial charge is 0.493 e. The summed E-state index contributed by atoms with van der Waals surface area (Å²) in [5, 5.41) is 12.7. The number of rotatable bonds is 9. The number of methoxy groups -OCH3 is 2. The summed E-state index contributed by atoms with van der Waals surface area (Å²) in [6.07, 6.45) is 3.01. The number of hydrogen-bond acceptors (Lipinski definition) is 7. The lowest BCUT2D eigenvalue weighted by atomic mass is 10.1. The Morgan fingerprint density at radius 3 is 2.50 bits per heavy atom. The molecule has 154 valence electrons. The molecule has 0 bridgehead atoms. The Bertz CT molecular complexity index is 742. The molecule has 1 aliphatic heterocycles. The Morgan fingerprint density at radius 2 is 1.82 bits per heavy atom. The number of piperazine rings is 1. The smallest absolute Gasteiger partial charge is 0.168 e. The van der Waals surface area contributed by atoms with E-state index in [1.807, 2.05) is 16.8 Å². The zero-order valence-electron chi connectivity index (χ0n) is 17.5. The average molecular weight is 389 g/mol. The van der Waals surface area contributed by atoms with E-state index >= 15 is 0 Å². The number of aryl methyl sites for hydroxylation is 2. The average Bonchev–Trinajstić information content (AvgIpc) is 3.19. The first-order chi connectivity index (χ1) is 13.7. The van der Waals surface area contributed by atoms with E-state index in [0.717, 1.165) is 69.3 Å². The molecule has 1 aromatic carbocycles. The maximum absolute atomic E-state index is 5.41. The van der Waals surface area contributed by atoms with Crippen LogP contribution in [0.5, 0.6) is 11.5 Å². The number of hydrogen-bond donors (Lipinski definition) is 0. The Morgan fingerprint density at radius 1 is 1.07 bits per heavy atom. The molecular weight excluding hydrogens is 356 g/mol. The second-order valence-electron chi connectivity index (χ2n) is 7.34. The summed E-state index contributed by atoms with van der Waals surface area (Å²) in [5.41, 5.74) is 1.17. The molecule has 0 unspecified atom stereocenters. The van der Waals surface area contributed by atoms with Crippen molar-refractivity contribution in [3.8, 4) is 11.5 Å². The number of likely N-dealkylation sites (N-methyl/N-ethyl adjacent to an activating group) is 1. The monoisotopic (exact) mass is 388 g/mol. The van der Waals surface area contributed by atoms with Gasteiger partial charge in [-0.25, -0.2) is 4.68 Å². The van der Waals surface area contributed by atoms with Crippen LogP contribution in [0.2, 0.25) is 0 Å². The number of benzene rings is 1. The van der Waals surface area contributed by atoms with Crippen molar-refractivity contribution in [1.82, 2.24) is 30.0 Å². The third-order valence-corrected chi connectivity index (χ3v) is 5.46. The number of ether oxygens (including phenoxy) is 2. The lowest BCUT2D eigenvalue weighted by Gasteiger charge is -2.37. The van der Waals surface area contributed by atoms with Gasteiger partial charge in [0.2, 0.25) is 0 Å². The predicted molar refractivity (Wildman–Crippen MR) is 108 cm³/mol. The fourth-order valence-corrected chi connectivity index (χ4v) is 3.76. The zero-order valence-corrected chi connectivity index (χ0v) is 17.5. The molecule has 1 fully saturated rings. The van der Waals surface area contributed by atoms with Crippen molar-refractivity contribution in [2.45, 2.75) is 38.8 Å². The van der Waals surface area contributed by atoms with Crippen LogP contribution in [0.25, 0.3) is 0 Å². The Balaban J connectivity index is 1.71. The summed E-state index contributed by atoms with van der Waals surface area (Å²) < 4.78 is 12.7. The summed E-state index contributed by atoms with van der Waals surface area (Å²) in [4.78, 5) is 4.90. The van der Waals surface area contributed by atoms with Crippen LogP contribution in [0.1, 0.15) is 37.2 Å². The van der Waals surface area contributed by atoms with Crippen LogP contribution in [0.15, 0.2) is 18.2 Å². The van der Waals surface area contributed by atoms with Crippen LogP contribution < -0.4 is 9.47 Å². The molecule has 8 heteroatoms. The summed E-state index contributed by atoms with van der Waals surface area (Å²) in [7, 11) is 5.49. The SMILES string of the molecule is CCC[C@H](c1nnnn1CCc1ccc(OC)c(OC)c1)N1CCN(C)CC1. The van der Waals surface area contributed by atoms with Gasteiger partial charge < -0.3 is 14.4 Å². The van der Waals surface area contributed by atoms with Crippen molar-refractivity contribution in [1.29, 1.82) is 0 Å². The lowest BCUT2D eigenvalue weighted by Crippen LogP contribution is -2.46. The fraction of sp³-hybridized carbons (Fsp3) is 0.650. The molecule has 2 heterocycles. The first-order valence-corrected chi connectivity index (χ1v) is 10.1. The molecule has 8 nitrogen and oxygen atoms in total. The highest BCUT2D eigenvalue weighted by atomic mass is 16.5. The lowest BCUT2D eigenvalue weighted by molar-refractivity contribution is 0.0994. The molecule has 3 rings (SSSR count). The number of tetrazole rings is 1. The van der Waals surface area contributed by atoms with E-state index in [2.05, 4.69) is 45.4 Å². The van der Waals surface area contributed by atoms with E-state index in [1.165, 1.54) is 5.56 Å². The van der Waals surface area contributed by atoms with Crippen molar-refractivity contribution in [3.05, 3.63) is 29.6 Å². The first-order valence-electron chi connectivity index (χ1n) is 10.1. The van der Waals surface area contributed by atoms with Gasteiger partial charge in [-0.3, -0.25) is 4.90 Å². The molecule has 28 heavy (non-hydrogen) atoms. The molecule has 0 amide bonds. The van der Waals surface area contributed by atoms with Gasteiger partial charge in [0.05, 0.1) is 20.3 Å². The van der Waals surface area contributed by atoms with Gasteiger partial charge in [0.25, 0.3) is 0 Å². The summed E-state index contributed by atoms with van der Waals surface area (Å²) >= 11 is 0. The molecule has 1 aromatic heterocycles. The highest BCUT2D eigenvalue weighted by molar-refractivity contribution is 5.42. The predicted octanol–water partition coefficient (Wildman–Crippen LogP) is 2.02. The minimum Gasteiger partial charge on any atom is -0.493 e. The highest BCUT2D eigenvalue weighted by Gasteiger charge is 2.27. The molecule has 0 spiro atoms. The van der Waals surface area contributed by atoms with Crippen LogP contribution >= 0.6 is 0 Å². The molecular formula is C20H32N6O2. The third-order valence-electron chi connectivity index (χ3n) is 5.46. The van der Waals surface area contributed by atoms with Gasteiger partial charge in [0, 0.05) is 32.7 Å². The van der Waals surface area contributed by atoms with Gasteiger partial charge in [-0.05, 0) is 48.0 Å². The van der Waals surface area contributed by atoms with Crippen LogP contribution in [0, 0.1) is 0 Å². The van der Waals surface area contributed by atoms with Crippen LogP contribution in [-0.4, -0.2) is 77.5 Å². The molecule has 0 radical (unpaired) electrons. The molecule has 0 aliphatic carbocycles. The van der Waals surface area contributed by atoms with Crippen molar-refractivity contribution in [2.24, 2.45) is 0 Å². The normalized spacial score (nSPS) is 16.9. The summed E-state index contributed by atoms with van der Waals surface area (Å²) in [6, 6.07) is 6.31. The third kappa shape index (κ3) is 4.80. The van der Waals surface area contributed by atoms with Gasteiger partial charge >= 0.3 is 0 Å². The summed E-state index contributed by atoms with van der Waals surface area (Å²) in [6.45, 7) is 7.26. The van der Waals surface area contributed by atoms with Crippen LogP contribution in [0.4, 0.5) is 0 Å². The minimum atomic E-state index is 0.277. The van der Waals surface area contributed by atoms with Gasteiger partial charge in [-0.15, -0.1) is 5.10 Å². The van der Waals surface area contributed by atoms with E-state index in [0.29, 0.717) is 0 Å². The number of nitrogens with zero attached hydrogens (tertiary/aromatic N) is 6. The van der Waals surface area contributed by atoms with Crippen molar-refractivity contribution < 1.29 is 9.47 Å². The second kappa shape index (κ2) is 9.84. The molecule has 0 N–H and O–H groups in total. The standard InChI is InChI=1S/C20H32N6O2/c1-5-6-17(25-13-11-24(2)12-14-25)20-21-22-23-26(20)10-9-16-7-8-18(27-3)19(15-16)28-4/h7-8,15,17H,5-6,9-14H2,1-4H3/t17-/m1/s1. The Labute approximate surface area is 167 Å². The van der Waals surface area contributed by atoms with Gasteiger partial charge in [0.1, 0.15) is 0 Å². The van der Waals surface area contributed by atoms with Crippen LogP contribution in [0.3, 0.4) is 0 Å².